The zero-order valence-electron chi connectivity index (χ0n) is 12.9. The van der Waals surface area contributed by atoms with Crippen molar-refractivity contribution in [3.8, 4) is 0 Å². The average molecular weight is 294 g/mol. The number of rotatable bonds is 3. The number of nitrogens with one attached hydrogen (secondary N) is 1. The molecule has 3 aromatic rings. The predicted molar refractivity (Wildman–Crippen MR) is 87.0 cm³/mol. The molecule has 112 valence electrons. The zero-order valence-corrected chi connectivity index (χ0v) is 12.9. The Morgan fingerprint density at radius 3 is 2.82 bits per heavy atom. The van der Waals surface area contributed by atoms with Crippen molar-refractivity contribution in [1.82, 2.24) is 4.98 Å². The van der Waals surface area contributed by atoms with Gasteiger partial charge in [-0.05, 0) is 44.0 Å². The average Bonchev–Trinajstić information content (AvgIpc) is 2.86. The van der Waals surface area contributed by atoms with Crippen LogP contribution in [0.5, 0.6) is 0 Å². The van der Waals surface area contributed by atoms with Crippen LogP contribution in [0.1, 0.15) is 22.4 Å². The summed E-state index contributed by atoms with van der Waals surface area (Å²) >= 11 is 0. The maximum Gasteiger partial charge on any atom is 0.228 e. The molecule has 2 heterocycles. The van der Waals surface area contributed by atoms with Gasteiger partial charge in [-0.15, -0.1) is 0 Å². The molecular formula is C18H18N2O2. The van der Waals surface area contributed by atoms with Crippen LogP contribution in [0.4, 0.5) is 5.69 Å². The van der Waals surface area contributed by atoms with E-state index in [1.807, 2.05) is 26.0 Å². The van der Waals surface area contributed by atoms with Crippen molar-refractivity contribution in [2.24, 2.45) is 0 Å². The molecule has 0 aliphatic carbocycles. The van der Waals surface area contributed by atoms with E-state index in [4.69, 9.17) is 4.42 Å². The van der Waals surface area contributed by atoms with Crippen molar-refractivity contribution in [1.29, 1.82) is 0 Å². The Morgan fingerprint density at radius 1 is 1.23 bits per heavy atom. The second-order valence-electron chi connectivity index (χ2n) is 5.56. The van der Waals surface area contributed by atoms with Gasteiger partial charge in [0.05, 0.1) is 12.7 Å². The molecule has 0 saturated carbocycles. The fourth-order valence-corrected chi connectivity index (χ4v) is 2.53. The van der Waals surface area contributed by atoms with Crippen LogP contribution in [0.3, 0.4) is 0 Å². The molecule has 0 atom stereocenters. The lowest BCUT2D eigenvalue weighted by molar-refractivity contribution is -0.115. The summed E-state index contributed by atoms with van der Waals surface area (Å²) in [6, 6.07) is 7.70. The highest BCUT2D eigenvalue weighted by atomic mass is 16.3. The molecule has 0 spiro atoms. The largest absolute Gasteiger partial charge is 0.464 e. The molecule has 0 saturated heterocycles. The van der Waals surface area contributed by atoms with Crippen molar-refractivity contribution in [3.63, 3.8) is 0 Å². The number of pyridine rings is 1. The van der Waals surface area contributed by atoms with E-state index in [0.717, 1.165) is 33.5 Å². The highest BCUT2D eigenvalue weighted by Gasteiger charge is 2.13. The highest BCUT2D eigenvalue weighted by Crippen LogP contribution is 2.26. The maximum atomic E-state index is 12.2. The Kier molecular flexibility index (Phi) is 3.67. The number of hydrogen-bond acceptors (Lipinski definition) is 3. The molecule has 4 nitrogen and oxygen atoms in total. The van der Waals surface area contributed by atoms with Gasteiger partial charge >= 0.3 is 0 Å². The molecule has 3 rings (SSSR count). The quantitative estimate of drug-likeness (QED) is 0.796. The minimum Gasteiger partial charge on any atom is -0.464 e. The van der Waals surface area contributed by atoms with Gasteiger partial charge in [-0.3, -0.25) is 9.78 Å². The number of anilines is 1. The van der Waals surface area contributed by atoms with Gasteiger partial charge in [0.25, 0.3) is 0 Å². The van der Waals surface area contributed by atoms with E-state index in [1.54, 1.807) is 18.5 Å². The molecule has 0 unspecified atom stereocenters. The number of carbonyl (C=O) groups is 1. The first-order chi connectivity index (χ1) is 10.5. The standard InChI is InChI=1S/C18H18N2O2/c1-11-4-5-16-14(10-22-18(16)13(11)3)9-17(21)20-15-6-7-19-12(2)8-15/h4-8,10H,9H2,1-3H3,(H,19,20,21). The molecule has 4 heteroatoms. The molecule has 0 aliphatic rings. The fraction of sp³-hybridized carbons (Fsp3) is 0.222. The highest BCUT2D eigenvalue weighted by molar-refractivity contribution is 5.95. The lowest BCUT2D eigenvalue weighted by atomic mass is 10.0. The van der Waals surface area contributed by atoms with Crippen molar-refractivity contribution in [2.45, 2.75) is 27.2 Å². The van der Waals surface area contributed by atoms with Crippen LogP contribution in [-0.2, 0) is 11.2 Å². The van der Waals surface area contributed by atoms with E-state index < -0.39 is 0 Å². The Balaban J connectivity index is 1.81. The number of amides is 1. The monoisotopic (exact) mass is 294 g/mol. The summed E-state index contributed by atoms with van der Waals surface area (Å²) in [5.41, 5.74) is 5.71. The van der Waals surface area contributed by atoms with Gasteiger partial charge < -0.3 is 9.73 Å². The van der Waals surface area contributed by atoms with Crippen molar-refractivity contribution < 1.29 is 9.21 Å². The lowest BCUT2D eigenvalue weighted by Crippen LogP contribution is -2.14. The van der Waals surface area contributed by atoms with Crippen molar-refractivity contribution in [3.05, 3.63) is 59.1 Å². The molecular weight excluding hydrogens is 276 g/mol. The summed E-state index contributed by atoms with van der Waals surface area (Å²) in [7, 11) is 0. The van der Waals surface area contributed by atoms with E-state index in [0.29, 0.717) is 0 Å². The van der Waals surface area contributed by atoms with Crippen molar-refractivity contribution in [2.75, 3.05) is 5.32 Å². The van der Waals surface area contributed by atoms with Gasteiger partial charge in [0.15, 0.2) is 0 Å². The fourth-order valence-electron chi connectivity index (χ4n) is 2.53. The van der Waals surface area contributed by atoms with Crippen LogP contribution in [-0.4, -0.2) is 10.9 Å². The van der Waals surface area contributed by atoms with E-state index in [2.05, 4.69) is 23.3 Å². The Hall–Kier alpha value is -2.62. The molecule has 0 aliphatic heterocycles. The number of aromatic nitrogens is 1. The zero-order chi connectivity index (χ0) is 15.7. The van der Waals surface area contributed by atoms with Gasteiger partial charge in [-0.25, -0.2) is 0 Å². The number of fused-ring (bicyclic) bond motifs is 1. The summed E-state index contributed by atoms with van der Waals surface area (Å²) in [4.78, 5) is 16.3. The van der Waals surface area contributed by atoms with Crippen LogP contribution in [0, 0.1) is 20.8 Å². The smallest absolute Gasteiger partial charge is 0.228 e. The minimum absolute atomic E-state index is 0.0634. The van der Waals surface area contributed by atoms with E-state index in [1.165, 1.54) is 5.56 Å². The summed E-state index contributed by atoms with van der Waals surface area (Å²) < 4.78 is 5.64. The summed E-state index contributed by atoms with van der Waals surface area (Å²) in [6.07, 6.45) is 3.65. The van der Waals surface area contributed by atoms with E-state index in [9.17, 15) is 4.79 Å². The first kappa shape index (κ1) is 14.3. The molecule has 0 fully saturated rings. The number of carbonyl (C=O) groups excluding carboxylic acids is 1. The second kappa shape index (κ2) is 5.64. The van der Waals surface area contributed by atoms with E-state index >= 15 is 0 Å². The normalized spacial score (nSPS) is 10.9. The third-order valence-corrected chi connectivity index (χ3v) is 3.87. The summed E-state index contributed by atoms with van der Waals surface area (Å²) in [6.45, 7) is 5.98. The third kappa shape index (κ3) is 2.72. The summed E-state index contributed by atoms with van der Waals surface area (Å²) in [5.74, 6) is -0.0634. The first-order valence-electron chi connectivity index (χ1n) is 7.23. The van der Waals surface area contributed by atoms with Crippen LogP contribution in [0.15, 0.2) is 41.1 Å². The second-order valence-corrected chi connectivity index (χ2v) is 5.56. The van der Waals surface area contributed by atoms with Crippen LogP contribution < -0.4 is 5.32 Å². The van der Waals surface area contributed by atoms with Crippen molar-refractivity contribution >= 4 is 22.6 Å². The third-order valence-electron chi connectivity index (χ3n) is 3.87. The summed E-state index contributed by atoms with van der Waals surface area (Å²) in [5, 5.41) is 3.89. The Bertz CT molecular complexity index is 849. The van der Waals surface area contributed by atoms with Gasteiger partial charge in [0.1, 0.15) is 5.58 Å². The molecule has 2 aromatic heterocycles. The molecule has 1 amide bonds. The number of aryl methyl sites for hydroxylation is 3. The predicted octanol–water partition coefficient (Wildman–Crippen LogP) is 3.93. The number of furan rings is 1. The lowest BCUT2D eigenvalue weighted by Gasteiger charge is -2.05. The molecule has 22 heavy (non-hydrogen) atoms. The van der Waals surface area contributed by atoms with Gasteiger partial charge in [-0.1, -0.05) is 12.1 Å². The van der Waals surface area contributed by atoms with Crippen LogP contribution >= 0.6 is 0 Å². The molecule has 1 aromatic carbocycles. The maximum absolute atomic E-state index is 12.2. The van der Waals surface area contributed by atoms with Gasteiger partial charge in [-0.2, -0.15) is 0 Å². The molecule has 1 N–H and O–H groups in total. The van der Waals surface area contributed by atoms with Crippen LogP contribution in [0.2, 0.25) is 0 Å². The minimum atomic E-state index is -0.0634. The van der Waals surface area contributed by atoms with E-state index in [-0.39, 0.29) is 12.3 Å². The first-order valence-corrected chi connectivity index (χ1v) is 7.23. The number of hydrogen-bond donors (Lipinski definition) is 1. The van der Waals surface area contributed by atoms with Crippen LogP contribution in [0.25, 0.3) is 11.0 Å². The Morgan fingerprint density at radius 2 is 2.05 bits per heavy atom. The van der Waals surface area contributed by atoms with Gasteiger partial charge in [0.2, 0.25) is 5.91 Å². The molecule has 0 bridgehead atoms. The Labute approximate surface area is 129 Å². The SMILES string of the molecule is Cc1cc(NC(=O)Cc2coc3c(C)c(C)ccc23)ccn1. The topological polar surface area (TPSA) is 55.1 Å². The molecule has 0 radical (unpaired) electrons. The number of nitrogens with zero attached hydrogens (tertiary/aromatic N) is 1. The number of benzene rings is 1. The van der Waals surface area contributed by atoms with Gasteiger partial charge in [0, 0.05) is 28.5 Å².